The van der Waals surface area contributed by atoms with Gasteiger partial charge in [0.25, 0.3) is 0 Å². The average Bonchev–Trinajstić information content (AvgIpc) is 2.29. The molecule has 0 bridgehead atoms. The van der Waals surface area contributed by atoms with E-state index in [0.717, 1.165) is 19.3 Å². The first-order valence-corrected chi connectivity index (χ1v) is 6.43. The maximum absolute atomic E-state index is 10.8. The highest BCUT2D eigenvalue weighted by molar-refractivity contribution is 5.75. The van der Waals surface area contributed by atoms with E-state index in [0.29, 0.717) is 19.8 Å². The lowest BCUT2D eigenvalue weighted by Gasteiger charge is -2.03. The number of allylic oxidation sites excluding steroid dienone is 3. The SMILES string of the molecule is COCOC/C(C)=C/CC/C(C)=C/CCC(C)=O. The maximum atomic E-state index is 10.8. The van der Waals surface area contributed by atoms with Crippen LogP contribution in [0.25, 0.3) is 0 Å². The Morgan fingerprint density at radius 2 is 1.61 bits per heavy atom. The summed E-state index contributed by atoms with van der Waals surface area (Å²) in [5, 5.41) is 0. The van der Waals surface area contributed by atoms with E-state index in [1.165, 1.54) is 11.1 Å². The fourth-order valence-corrected chi connectivity index (χ4v) is 1.52. The van der Waals surface area contributed by atoms with E-state index >= 15 is 0 Å². The zero-order valence-electron chi connectivity index (χ0n) is 12.1. The molecule has 18 heavy (non-hydrogen) atoms. The summed E-state index contributed by atoms with van der Waals surface area (Å²) >= 11 is 0. The summed E-state index contributed by atoms with van der Waals surface area (Å²) in [5.74, 6) is 0.255. The Labute approximate surface area is 111 Å². The van der Waals surface area contributed by atoms with Crippen molar-refractivity contribution in [2.75, 3.05) is 20.5 Å². The quantitative estimate of drug-likeness (QED) is 0.339. The lowest BCUT2D eigenvalue weighted by atomic mass is 10.1. The van der Waals surface area contributed by atoms with Gasteiger partial charge in [-0.25, -0.2) is 0 Å². The molecule has 0 radical (unpaired) electrons. The molecule has 0 saturated carbocycles. The number of carbonyl (C=O) groups excluding carboxylic acids is 1. The van der Waals surface area contributed by atoms with Gasteiger partial charge in [-0.05, 0) is 40.0 Å². The van der Waals surface area contributed by atoms with Crippen LogP contribution in [-0.2, 0) is 14.3 Å². The molecule has 0 N–H and O–H groups in total. The summed E-state index contributed by atoms with van der Waals surface area (Å²) in [6, 6.07) is 0. The molecule has 0 saturated heterocycles. The molecule has 0 heterocycles. The molecule has 104 valence electrons. The second-order valence-electron chi connectivity index (χ2n) is 4.64. The van der Waals surface area contributed by atoms with Gasteiger partial charge in [0, 0.05) is 13.5 Å². The third kappa shape index (κ3) is 11.6. The molecular weight excluding hydrogens is 228 g/mol. The van der Waals surface area contributed by atoms with Crippen molar-refractivity contribution in [1.82, 2.24) is 0 Å². The normalized spacial score (nSPS) is 12.9. The van der Waals surface area contributed by atoms with Crippen LogP contribution in [0.15, 0.2) is 23.3 Å². The molecule has 0 rings (SSSR count). The summed E-state index contributed by atoms with van der Waals surface area (Å²) in [5.41, 5.74) is 2.57. The fraction of sp³-hybridized carbons (Fsp3) is 0.667. The molecule has 3 heteroatoms. The highest BCUT2D eigenvalue weighted by atomic mass is 16.7. The van der Waals surface area contributed by atoms with Crippen LogP contribution in [-0.4, -0.2) is 26.3 Å². The second-order valence-corrected chi connectivity index (χ2v) is 4.64. The van der Waals surface area contributed by atoms with Crippen molar-refractivity contribution in [3.05, 3.63) is 23.3 Å². The molecule has 3 nitrogen and oxygen atoms in total. The Bertz CT molecular complexity index is 290. The lowest BCUT2D eigenvalue weighted by molar-refractivity contribution is -0.116. The predicted octanol–water partition coefficient (Wildman–Crippen LogP) is 3.65. The van der Waals surface area contributed by atoms with Gasteiger partial charge in [0.2, 0.25) is 0 Å². The number of methoxy groups -OCH3 is 1. The van der Waals surface area contributed by atoms with Crippen molar-refractivity contribution in [3.8, 4) is 0 Å². The van der Waals surface area contributed by atoms with E-state index in [2.05, 4.69) is 26.0 Å². The van der Waals surface area contributed by atoms with Crippen molar-refractivity contribution < 1.29 is 14.3 Å². The van der Waals surface area contributed by atoms with Gasteiger partial charge >= 0.3 is 0 Å². The Balaban J connectivity index is 3.73. The third-order valence-corrected chi connectivity index (χ3v) is 2.55. The monoisotopic (exact) mass is 254 g/mol. The third-order valence-electron chi connectivity index (χ3n) is 2.55. The lowest BCUT2D eigenvalue weighted by Crippen LogP contribution is -1.99. The first-order chi connectivity index (χ1) is 8.56. The van der Waals surface area contributed by atoms with Gasteiger partial charge in [-0.1, -0.05) is 23.3 Å². The highest BCUT2D eigenvalue weighted by Crippen LogP contribution is 2.09. The molecule has 0 aliphatic rings. The Kier molecular flexibility index (Phi) is 10.6. The van der Waals surface area contributed by atoms with Crippen LogP contribution in [0.2, 0.25) is 0 Å². The minimum Gasteiger partial charge on any atom is -0.359 e. The summed E-state index contributed by atoms with van der Waals surface area (Å²) in [6.45, 7) is 6.78. The van der Waals surface area contributed by atoms with Crippen molar-refractivity contribution in [2.24, 2.45) is 0 Å². The van der Waals surface area contributed by atoms with Crippen LogP contribution in [0.4, 0.5) is 0 Å². The van der Waals surface area contributed by atoms with Crippen LogP contribution < -0.4 is 0 Å². The Morgan fingerprint density at radius 1 is 1.00 bits per heavy atom. The van der Waals surface area contributed by atoms with E-state index in [9.17, 15) is 4.79 Å². The predicted molar refractivity (Wildman–Crippen MR) is 74.5 cm³/mol. The van der Waals surface area contributed by atoms with Crippen molar-refractivity contribution in [1.29, 1.82) is 0 Å². The summed E-state index contributed by atoms with van der Waals surface area (Å²) < 4.78 is 10.1. The molecule has 0 aromatic heterocycles. The van der Waals surface area contributed by atoms with E-state index < -0.39 is 0 Å². The number of rotatable bonds is 10. The van der Waals surface area contributed by atoms with Gasteiger partial charge in [-0.15, -0.1) is 0 Å². The first-order valence-electron chi connectivity index (χ1n) is 6.43. The number of Topliss-reactive ketones (excluding diaryl/α,β-unsaturated/α-hetero) is 1. The van der Waals surface area contributed by atoms with E-state index in [1.54, 1.807) is 14.0 Å². The smallest absolute Gasteiger partial charge is 0.146 e. The number of ether oxygens (including phenoxy) is 2. The largest absolute Gasteiger partial charge is 0.359 e. The van der Waals surface area contributed by atoms with Crippen LogP contribution in [0, 0.1) is 0 Å². The molecule has 0 atom stereocenters. The highest BCUT2D eigenvalue weighted by Gasteiger charge is 1.94. The topological polar surface area (TPSA) is 35.5 Å². The number of ketones is 1. The Hall–Kier alpha value is -0.930. The molecule has 0 unspecified atom stereocenters. The molecule has 0 aromatic rings. The van der Waals surface area contributed by atoms with Gasteiger partial charge in [0.05, 0.1) is 6.61 Å². The fourth-order valence-electron chi connectivity index (χ4n) is 1.52. The minimum atomic E-state index is 0.255. The van der Waals surface area contributed by atoms with Crippen LogP contribution in [0.1, 0.15) is 46.5 Å². The number of carbonyl (C=O) groups is 1. The summed E-state index contributed by atoms with van der Waals surface area (Å²) in [6.07, 6.45) is 7.92. The summed E-state index contributed by atoms with van der Waals surface area (Å²) in [4.78, 5) is 10.8. The van der Waals surface area contributed by atoms with Crippen molar-refractivity contribution >= 4 is 5.78 Å². The van der Waals surface area contributed by atoms with E-state index in [1.807, 2.05) is 0 Å². The maximum Gasteiger partial charge on any atom is 0.146 e. The Morgan fingerprint density at radius 3 is 2.22 bits per heavy atom. The average molecular weight is 254 g/mol. The molecule has 0 fully saturated rings. The zero-order chi connectivity index (χ0) is 13.8. The summed E-state index contributed by atoms with van der Waals surface area (Å²) in [7, 11) is 1.62. The van der Waals surface area contributed by atoms with Crippen LogP contribution in [0.5, 0.6) is 0 Å². The molecular formula is C15H26O3. The minimum absolute atomic E-state index is 0.255. The van der Waals surface area contributed by atoms with Gasteiger partial charge in [-0.2, -0.15) is 0 Å². The van der Waals surface area contributed by atoms with Crippen LogP contribution in [0.3, 0.4) is 0 Å². The molecule has 0 aliphatic heterocycles. The van der Waals surface area contributed by atoms with Crippen molar-refractivity contribution in [3.63, 3.8) is 0 Å². The second kappa shape index (κ2) is 11.2. The van der Waals surface area contributed by atoms with Crippen LogP contribution >= 0.6 is 0 Å². The molecule has 0 aromatic carbocycles. The zero-order valence-corrected chi connectivity index (χ0v) is 12.1. The van der Waals surface area contributed by atoms with Gasteiger partial charge in [-0.3, -0.25) is 0 Å². The van der Waals surface area contributed by atoms with Gasteiger partial charge in [0.15, 0.2) is 0 Å². The molecule has 0 spiro atoms. The van der Waals surface area contributed by atoms with E-state index in [-0.39, 0.29) is 5.78 Å². The first kappa shape index (κ1) is 17.1. The molecule has 0 aliphatic carbocycles. The van der Waals surface area contributed by atoms with Crippen molar-refractivity contribution in [2.45, 2.75) is 46.5 Å². The number of hydrogen-bond acceptors (Lipinski definition) is 3. The van der Waals surface area contributed by atoms with E-state index in [4.69, 9.17) is 9.47 Å². The number of hydrogen-bond donors (Lipinski definition) is 0. The van der Waals surface area contributed by atoms with Gasteiger partial charge in [0.1, 0.15) is 12.6 Å². The standard InChI is InChI=1S/C15H26O3/c1-13(8-6-10-15(3)16)7-5-9-14(2)11-18-12-17-4/h8-9H,5-7,10-12H2,1-4H3/b13-8+,14-9+. The van der Waals surface area contributed by atoms with Gasteiger partial charge < -0.3 is 14.3 Å². The molecule has 0 amide bonds.